The fourth-order valence-corrected chi connectivity index (χ4v) is 1.85. The zero-order valence-corrected chi connectivity index (χ0v) is 13.9. The highest BCUT2D eigenvalue weighted by Crippen LogP contribution is 2.06. The molecule has 0 fully saturated rings. The quantitative estimate of drug-likeness (QED) is 0.536. The summed E-state index contributed by atoms with van der Waals surface area (Å²) in [6, 6.07) is 0. The van der Waals surface area contributed by atoms with Crippen LogP contribution in [0.1, 0.15) is 33.0 Å². The van der Waals surface area contributed by atoms with E-state index in [0.29, 0.717) is 13.0 Å². The first-order valence-corrected chi connectivity index (χ1v) is 7.32. The molecule has 2 aromatic rings. The van der Waals surface area contributed by atoms with Crippen LogP contribution in [-0.4, -0.2) is 37.8 Å². The number of alkyl carbamates (subject to hydrolysis) is 1. The molecule has 0 spiro atoms. The molecule has 0 atom stereocenters. The number of amides is 1. The van der Waals surface area contributed by atoms with Gasteiger partial charge in [0.05, 0.1) is 0 Å². The summed E-state index contributed by atoms with van der Waals surface area (Å²) in [6.45, 7) is 5.66. The molecule has 0 aliphatic heterocycles. The average Bonchev–Trinajstić information content (AvgIpc) is 2.87. The topological polar surface area (TPSA) is 122 Å². The van der Waals surface area contributed by atoms with Crippen molar-refractivity contribution in [3.63, 3.8) is 0 Å². The van der Waals surface area contributed by atoms with Gasteiger partial charge in [-0.25, -0.2) is 14.6 Å². The fraction of sp³-hybridized carbons (Fsp3) is 0.467. The predicted molar refractivity (Wildman–Crippen MR) is 87.7 cm³/mol. The molecule has 2 aromatic heterocycles. The molecule has 24 heavy (non-hydrogen) atoms. The molecule has 0 saturated carbocycles. The number of imidazole rings is 1. The van der Waals surface area contributed by atoms with E-state index in [-0.39, 0.29) is 17.0 Å². The zero-order valence-electron chi connectivity index (χ0n) is 13.9. The van der Waals surface area contributed by atoms with Gasteiger partial charge < -0.3 is 15.0 Å². The Morgan fingerprint density at radius 2 is 2.04 bits per heavy atom. The highest BCUT2D eigenvalue weighted by Gasteiger charge is 2.15. The van der Waals surface area contributed by atoms with Crippen LogP contribution in [-0.2, 0) is 11.8 Å². The smallest absolute Gasteiger partial charge is 0.407 e. The summed E-state index contributed by atoms with van der Waals surface area (Å²) in [4.78, 5) is 43.7. The van der Waals surface area contributed by atoms with Crippen molar-refractivity contribution in [3.05, 3.63) is 26.7 Å². The van der Waals surface area contributed by atoms with E-state index in [4.69, 9.17) is 4.74 Å². The largest absolute Gasteiger partial charge is 0.444 e. The maximum atomic E-state index is 11.7. The number of carbonyl (C=O) groups excluding carboxylic acids is 1. The lowest BCUT2D eigenvalue weighted by Gasteiger charge is -2.19. The molecule has 0 unspecified atom stereocenters. The lowest BCUT2D eigenvalue weighted by Crippen LogP contribution is -2.32. The number of hydrogen-bond donors (Lipinski definition) is 3. The van der Waals surface area contributed by atoms with Crippen molar-refractivity contribution in [2.45, 2.75) is 32.8 Å². The number of nitrogens with zero attached hydrogens (tertiary/aromatic N) is 2. The molecule has 0 bridgehead atoms. The van der Waals surface area contributed by atoms with Crippen LogP contribution in [0, 0.1) is 11.8 Å². The summed E-state index contributed by atoms with van der Waals surface area (Å²) >= 11 is 0. The van der Waals surface area contributed by atoms with Gasteiger partial charge in [-0.1, -0.05) is 5.92 Å². The lowest BCUT2D eigenvalue weighted by atomic mass is 10.2. The second-order valence-electron chi connectivity index (χ2n) is 6.08. The van der Waals surface area contributed by atoms with Gasteiger partial charge in [0.25, 0.3) is 5.56 Å². The maximum absolute atomic E-state index is 11.7. The number of hydrogen-bond acceptors (Lipinski definition) is 5. The minimum Gasteiger partial charge on any atom is -0.444 e. The number of H-pyrrole nitrogens is 2. The third-order valence-corrected chi connectivity index (χ3v) is 2.88. The van der Waals surface area contributed by atoms with Crippen LogP contribution < -0.4 is 16.6 Å². The van der Waals surface area contributed by atoms with E-state index < -0.39 is 22.9 Å². The Balaban J connectivity index is 2.00. The van der Waals surface area contributed by atoms with Gasteiger partial charge >= 0.3 is 11.8 Å². The molecule has 0 saturated heterocycles. The standard InChI is InChI=1S/C15H19N5O4/c1-15(2,3)24-14(23)16-8-6-5-7-9-17-10-11(18-9)20(4)13(22)19-12(10)21/h6,8H2,1-4H3,(H,16,23)(H,17,18)(H,19,21,22). The Bertz CT molecular complexity index is 933. The Kier molecular flexibility index (Phi) is 4.78. The first-order chi connectivity index (χ1) is 11.2. The minimum absolute atomic E-state index is 0.188. The summed E-state index contributed by atoms with van der Waals surface area (Å²) in [6.07, 6.45) is -0.124. The van der Waals surface area contributed by atoms with Gasteiger partial charge in [-0.2, -0.15) is 0 Å². The number of aromatic amines is 2. The monoisotopic (exact) mass is 333 g/mol. The first-order valence-electron chi connectivity index (χ1n) is 7.32. The number of aryl methyl sites for hydroxylation is 1. The Morgan fingerprint density at radius 1 is 1.33 bits per heavy atom. The van der Waals surface area contributed by atoms with Crippen LogP contribution in [0.3, 0.4) is 0 Å². The van der Waals surface area contributed by atoms with Gasteiger partial charge in [0.15, 0.2) is 17.0 Å². The number of ether oxygens (including phenoxy) is 1. The molecule has 2 heterocycles. The molecule has 9 nitrogen and oxygen atoms in total. The first kappa shape index (κ1) is 17.3. The second-order valence-corrected chi connectivity index (χ2v) is 6.08. The summed E-state index contributed by atoms with van der Waals surface area (Å²) < 4.78 is 6.32. The molecule has 3 N–H and O–H groups in total. The van der Waals surface area contributed by atoms with Gasteiger partial charge in [-0.05, 0) is 26.7 Å². The third kappa shape index (κ3) is 4.25. The van der Waals surface area contributed by atoms with Crippen LogP contribution in [0.15, 0.2) is 9.59 Å². The molecule has 0 aliphatic carbocycles. The fourth-order valence-electron chi connectivity index (χ4n) is 1.85. The molecular formula is C15H19N5O4. The van der Waals surface area contributed by atoms with Crippen molar-refractivity contribution in [3.8, 4) is 11.8 Å². The third-order valence-electron chi connectivity index (χ3n) is 2.88. The van der Waals surface area contributed by atoms with E-state index in [1.807, 2.05) is 0 Å². The van der Waals surface area contributed by atoms with Crippen molar-refractivity contribution in [1.29, 1.82) is 0 Å². The average molecular weight is 333 g/mol. The molecule has 128 valence electrons. The highest BCUT2D eigenvalue weighted by molar-refractivity contribution is 5.70. The maximum Gasteiger partial charge on any atom is 0.407 e. The lowest BCUT2D eigenvalue weighted by molar-refractivity contribution is 0.0529. The van der Waals surface area contributed by atoms with Crippen LogP contribution >= 0.6 is 0 Å². The number of fused-ring (bicyclic) bond motifs is 1. The van der Waals surface area contributed by atoms with Gasteiger partial charge in [0, 0.05) is 20.0 Å². The van der Waals surface area contributed by atoms with E-state index >= 15 is 0 Å². The predicted octanol–water partition coefficient (Wildman–Crippen LogP) is 0.216. The van der Waals surface area contributed by atoms with Gasteiger partial charge in [0.2, 0.25) is 0 Å². The van der Waals surface area contributed by atoms with Crippen molar-refractivity contribution in [1.82, 2.24) is 24.8 Å². The summed E-state index contributed by atoms with van der Waals surface area (Å²) in [5, 5.41) is 2.58. The number of aromatic nitrogens is 4. The minimum atomic E-state index is -0.549. The Labute approximate surface area is 137 Å². The summed E-state index contributed by atoms with van der Waals surface area (Å²) in [5.41, 5.74) is -1.21. The van der Waals surface area contributed by atoms with Crippen LogP contribution in [0.5, 0.6) is 0 Å². The molecule has 2 rings (SSSR count). The van der Waals surface area contributed by atoms with Gasteiger partial charge in [0.1, 0.15) is 5.60 Å². The van der Waals surface area contributed by atoms with Gasteiger partial charge in [-0.3, -0.25) is 14.3 Å². The Hall–Kier alpha value is -3.02. The molecule has 0 aromatic carbocycles. The normalized spacial score (nSPS) is 11.0. The summed E-state index contributed by atoms with van der Waals surface area (Å²) in [7, 11) is 1.50. The van der Waals surface area contributed by atoms with Crippen LogP contribution in [0.25, 0.3) is 11.2 Å². The molecule has 1 amide bonds. The molecule has 0 aliphatic rings. The number of carbonyl (C=O) groups is 1. The molecule has 9 heteroatoms. The van der Waals surface area contributed by atoms with E-state index in [2.05, 4.69) is 32.1 Å². The van der Waals surface area contributed by atoms with Crippen molar-refractivity contribution in [2.75, 3.05) is 6.54 Å². The van der Waals surface area contributed by atoms with E-state index in [1.54, 1.807) is 20.8 Å². The molecular weight excluding hydrogens is 314 g/mol. The van der Waals surface area contributed by atoms with Crippen molar-refractivity contribution < 1.29 is 9.53 Å². The van der Waals surface area contributed by atoms with Gasteiger partial charge in [-0.15, -0.1) is 0 Å². The number of nitrogens with one attached hydrogen (secondary N) is 3. The molecule has 0 radical (unpaired) electrons. The summed E-state index contributed by atoms with van der Waals surface area (Å²) in [5.74, 6) is 5.85. The van der Waals surface area contributed by atoms with Crippen LogP contribution in [0.4, 0.5) is 4.79 Å². The Morgan fingerprint density at radius 3 is 2.71 bits per heavy atom. The SMILES string of the molecule is Cn1c(=O)[nH]c(=O)c2[nH]c(C#CCCNC(=O)OC(C)(C)C)nc21. The van der Waals surface area contributed by atoms with Crippen molar-refractivity contribution in [2.24, 2.45) is 7.05 Å². The van der Waals surface area contributed by atoms with E-state index in [0.717, 1.165) is 0 Å². The second kappa shape index (κ2) is 6.62. The van der Waals surface area contributed by atoms with E-state index in [9.17, 15) is 14.4 Å². The van der Waals surface area contributed by atoms with Crippen LogP contribution in [0.2, 0.25) is 0 Å². The number of rotatable bonds is 2. The van der Waals surface area contributed by atoms with E-state index in [1.165, 1.54) is 11.6 Å². The highest BCUT2D eigenvalue weighted by atomic mass is 16.6. The van der Waals surface area contributed by atoms with Crippen molar-refractivity contribution >= 4 is 17.3 Å². The zero-order chi connectivity index (χ0) is 17.9.